The van der Waals surface area contributed by atoms with Gasteiger partial charge in [-0.2, -0.15) is 0 Å². The summed E-state index contributed by atoms with van der Waals surface area (Å²) in [6, 6.07) is 12.6. The van der Waals surface area contributed by atoms with Crippen molar-refractivity contribution in [2.45, 2.75) is 53.0 Å². The van der Waals surface area contributed by atoms with Gasteiger partial charge in [0.15, 0.2) is 0 Å². The molecule has 4 nitrogen and oxygen atoms in total. The van der Waals surface area contributed by atoms with Crippen molar-refractivity contribution in [1.82, 2.24) is 9.55 Å². The first-order chi connectivity index (χ1) is 13.0. The van der Waals surface area contributed by atoms with Gasteiger partial charge in [-0.15, -0.1) is 0 Å². The molecule has 0 spiro atoms. The SMILES string of the molecule is Cc1cc2nc(CCO)n(CCCOc3ccccc3C(C)C)c2cc1C. The Balaban J connectivity index is 1.73. The van der Waals surface area contributed by atoms with Crippen LogP contribution in [0, 0.1) is 13.8 Å². The highest BCUT2D eigenvalue weighted by molar-refractivity contribution is 5.78. The van der Waals surface area contributed by atoms with Crippen LogP contribution in [0.3, 0.4) is 0 Å². The Morgan fingerprint density at radius 1 is 1.11 bits per heavy atom. The Hall–Kier alpha value is -2.33. The van der Waals surface area contributed by atoms with Crippen LogP contribution in [-0.2, 0) is 13.0 Å². The summed E-state index contributed by atoms with van der Waals surface area (Å²) in [5.41, 5.74) is 5.91. The molecule has 1 heterocycles. The molecule has 3 rings (SSSR count). The second-order valence-electron chi connectivity index (χ2n) is 7.47. The number of imidazole rings is 1. The van der Waals surface area contributed by atoms with Crippen LogP contribution >= 0.6 is 0 Å². The van der Waals surface area contributed by atoms with Crippen molar-refractivity contribution in [3.63, 3.8) is 0 Å². The number of benzene rings is 2. The van der Waals surface area contributed by atoms with Crippen LogP contribution in [-0.4, -0.2) is 27.9 Å². The normalized spacial score (nSPS) is 11.5. The fraction of sp³-hybridized carbons (Fsp3) is 0.435. The van der Waals surface area contributed by atoms with Crippen molar-refractivity contribution in [2.75, 3.05) is 13.2 Å². The van der Waals surface area contributed by atoms with E-state index in [4.69, 9.17) is 9.72 Å². The molecule has 0 bridgehead atoms. The lowest BCUT2D eigenvalue weighted by molar-refractivity contribution is 0.288. The van der Waals surface area contributed by atoms with Crippen molar-refractivity contribution in [3.05, 3.63) is 58.9 Å². The molecule has 0 saturated heterocycles. The van der Waals surface area contributed by atoms with Gasteiger partial charge in [-0.25, -0.2) is 4.98 Å². The number of aliphatic hydroxyl groups excluding tert-OH is 1. The second kappa shape index (κ2) is 8.57. The predicted octanol–water partition coefficient (Wildman–Crippen LogP) is 4.78. The number of aliphatic hydroxyl groups is 1. The summed E-state index contributed by atoms with van der Waals surface area (Å²) in [5, 5.41) is 9.40. The van der Waals surface area contributed by atoms with Gasteiger partial charge in [0.2, 0.25) is 0 Å². The van der Waals surface area contributed by atoms with Gasteiger partial charge < -0.3 is 14.4 Å². The zero-order valence-electron chi connectivity index (χ0n) is 16.8. The van der Waals surface area contributed by atoms with Crippen LogP contribution in [0.1, 0.15) is 48.7 Å². The quantitative estimate of drug-likeness (QED) is 0.584. The number of nitrogens with zero attached hydrogens (tertiary/aromatic N) is 2. The lowest BCUT2D eigenvalue weighted by Crippen LogP contribution is -2.10. The van der Waals surface area contributed by atoms with E-state index < -0.39 is 0 Å². The molecule has 27 heavy (non-hydrogen) atoms. The highest BCUT2D eigenvalue weighted by Crippen LogP contribution is 2.26. The number of hydrogen-bond acceptors (Lipinski definition) is 3. The van der Waals surface area contributed by atoms with Gasteiger partial charge in [-0.1, -0.05) is 32.0 Å². The summed E-state index contributed by atoms with van der Waals surface area (Å²) in [5.74, 6) is 2.37. The molecular weight excluding hydrogens is 336 g/mol. The number of ether oxygens (including phenoxy) is 1. The molecule has 0 aliphatic rings. The highest BCUT2D eigenvalue weighted by Gasteiger charge is 2.12. The van der Waals surface area contributed by atoms with Crippen LogP contribution < -0.4 is 4.74 Å². The fourth-order valence-electron chi connectivity index (χ4n) is 3.46. The molecule has 1 aromatic heterocycles. The molecule has 0 atom stereocenters. The maximum absolute atomic E-state index is 9.40. The van der Waals surface area contributed by atoms with Gasteiger partial charge in [-0.05, 0) is 61.1 Å². The summed E-state index contributed by atoms with van der Waals surface area (Å²) in [7, 11) is 0. The minimum Gasteiger partial charge on any atom is -0.493 e. The Morgan fingerprint density at radius 2 is 1.85 bits per heavy atom. The summed E-state index contributed by atoms with van der Waals surface area (Å²) in [4.78, 5) is 4.74. The first-order valence-electron chi connectivity index (χ1n) is 9.80. The van der Waals surface area contributed by atoms with Gasteiger partial charge >= 0.3 is 0 Å². The summed E-state index contributed by atoms with van der Waals surface area (Å²) in [6.07, 6.45) is 1.47. The Kier molecular flexibility index (Phi) is 6.17. The summed E-state index contributed by atoms with van der Waals surface area (Å²) in [6.45, 7) is 10.2. The van der Waals surface area contributed by atoms with Crippen LogP contribution in [0.5, 0.6) is 5.75 Å². The van der Waals surface area contributed by atoms with Gasteiger partial charge in [-0.3, -0.25) is 0 Å². The third-order valence-corrected chi connectivity index (χ3v) is 5.10. The molecule has 3 aromatic rings. The van der Waals surface area contributed by atoms with Crippen molar-refractivity contribution in [3.8, 4) is 5.75 Å². The molecular formula is C23H30N2O2. The van der Waals surface area contributed by atoms with E-state index in [1.807, 2.05) is 12.1 Å². The maximum Gasteiger partial charge on any atom is 0.122 e. The van der Waals surface area contributed by atoms with E-state index >= 15 is 0 Å². The number of aryl methyl sites for hydroxylation is 3. The van der Waals surface area contributed by atoms with Crippen LogP contribution in [0.4, 0.5) is 0 Å². The standard InChI is InChI=1S/C23H30N2O2/c1-16(2)19-8-5-6-9-22(19)27-13-7-11-25-21-15-18(4)17(3)14-20(21)24-23(25)10-12-26/h5-6,8-9,14-16,26H,7,10-13H2,1-4H3. The highest BCUT2D eigenvalue weighted by atomic mass is 16.5. The molecule has 0 fully saturated rings. The lowest BCUT2D eigenvalue weighted by atomic mass is 10.0. The second-order valence-corrected chi connectivity index (χ2v) is 7.47. The van der Waals surface area contributed by atoms with E-state index in [9.17, 15) is 5.11 Å². The fourth-order valence-corrected chi connectivity index (χ4v) is 3.46. The van der Waals surface area contributed by atoms with E-state index in [0.29, 0.717) is 18.9 Å². The average molecular weight is 367 g/mol. The monoisotopic (exact) mass is 366 g/mol. The topological polar surface area (TPSA) is 47.3 Å². The van der Waals surface area contributed by atoms with Crippen molar-refractivity contribution in [2.24, 2.45) is 0 Å². The summed E-state index contributed by atoms with van der Waals surface area (Å²) >= 11 is 0. The first kappa shape index (κ1) is 19.4. The smallest absolute Gasteiger partial charge is 0.122 e. The minimum absolute atomic E-state index is 0.111. The average Bonchev–Trinajstić information content (AvgIpc) is 2.96. The molecule has 0 aliphatic carbocycles. The van der Waals surface area contributed by atoms with E-state index in [0.717, 1.165) is 35.6 Å². The largest absolute Gasteiger partial charge is 0.493 e. The van der Waals surface area contributed by atoms with Crippen LogP contribution in [0.2, 0.25) is 0 Å². The maximum atomic E-state index is 9.40. The van der Waals surface area contributed by atoms with E-state index in [-0.39, 0.29) is 6.61 Å². The zero-order valence-corrected chi connectivity index (χ0v) is 16.8. The van der Waals surface area contributed by atoms with E-state index in [1.165, 1.54) is 16.7 Å². The molecule has 144 valence electrons. The Morgan fingerprint density at radius 3 is 2.59 bits per heavy atom. The van der Waals surface area contributed by atoms with Crippen molar-refractivity contribution < 1.29 is 9.84 Å². The van der Waals surface area contributed by atoms with Gasteiger partial charge in [0.1, 0.15) is 11.6 Å². The Labute approximate surface area is 161 Å². The number of aromatic nitrogens is 2. The molecule has 4 heteroatoms. The molecule has 2 aromatic carbocycles. The van der Waals surface area contributed by atoms with Crippen LogP contribution in [0.25, 0.3) is 11.0 Å². The number of para-hydroxylation sites is 1. The molecule has 0 amide bonds. The minimum atomic E-state index is 0.111. The molecule has 0 aliphatic heterocycles. The van der Waals surface area contributed by atoms with Gasteiger partial charge in [0.05, 0.1) is 24.2 Å². The first-order valence-corrected chi connectivity index (χ1v) is 9.80. The number of fused-ring (bicyclic) bond motifs is 1. The van der Waals surface area contributed by atoms with E-state index in [1.54, 1.807) is 0 Å². The molecule has 1 N–H and O–H groups in total. The van der Waals surface area contributed by atoms with Gasteiger partial charge in [0.25, 0.3) is 0 Å². The molecule has 0 unspecified atom stereocenters. The third-order valence-electron chi connectivity index (χ3n) is 5.10. The zero-order chi connectivity index (χ0) is 19.4. The molecule has 0 radical (unpaired) electrons. The Bertz CT molecular complexity index is 912. The van der Waals surface area contributed by atoms with Crippen molar-refractivity contribution in [1.29, 1.82) is 0 Å². The number of rotatable bonds is 8. The van der Waals surface area contributed by atoms with Gasteiger partial charge in [0, 0.05) is 13.0 Å². The van der Waals surface area contributed by atoms with Crippen LogP contribution in [0.15, 0.2) is 36.4 Å². The summed E-state index contributed by atoms with van der Waals surface area (Å²) < 4.78 is 8.30. The number of hydrogen-bond donors (Lipinski definition) is 1. The van der Waals surface area contributed by atoms with Crippen molar-refractivity contribution >= 4 is 11.0 Å². The van der Waals surface area contributed by atoms with E-state index in [2.05, 4.69) is 56.5 Å². The molecule has 0 saturated carbocycles. The lowest BCUT2D eigenvalue weighted by Gasteiger charge is -2.14. The third kappa shape index (κ3) is 4.33. The predicted molar refractivity (Wildman–Crippen MR) is 111 cm³/mol.